The largest absolute Gasteiger partial charge is 0.389 e. The van der Waals surface area contributed by atoms with Gasteiger partial charge in [0.05, 0.1) is 23.3 Å². The number of nitrogens with zero attached hydrogens (tertiary/aromatic N) is 3. The minimum atomic E-state index is -0.692. The maximum atomic E-state index is 9.55. The van der Waals surface area contributed by atoms with Gasteiger partial charge < -0.3 is 14.6 Å². The summed E-state index contributed by atoms with van der Waals surface area (Å²) < 4.78 is 1.93. The summed E-state index contributed by atoms with van der Waals surface area (Å²) in [4.78, 5) is 1.96. The molecule has 98 valence electrons. The fraction of sp³-hybridized carbons (Fsp3) is 0.357. The standard InChI is InChI=1S/C14H15N3O2/c15-5-11-10(6-16-8-13(18)14(19)9-16)7-17-4-2-1-3-12(11)17/h1-4,7,13-14,18-19H,6,8-9H2. The van der Waals surface area contributed by atoms with E-state index < -0.39 is 12.2 Å². The number of hydrogen-bond donors (Lipinski definition) is 2. The summed E-state index contributed by atoms with van der Waals surface area (Å²) in [7, 11) is 0. The van der Waals surface area contributed by atoms with Crippen LogP contribution in [-0.2, 0) is 6.54 Å². The summed E-state index contributed by atoms with van der Waals surface area (Å²) in [5, 5.41) is 28.4. The van der Waals surface area contributed by atoms with Crippen molar-refractivity contribution in [2.45, 2.75) is 18.8 Å². The highest BCUT2D eigenvalue weighted by Crippen LogP contribution is 2.21. The maximum Gasteiger partial charge on any atom is 0.102 e. The number of rotatable bonds is 2. The number of pyridine rings is 1. The van der Waals surface area contributed by atoms with Crippen molar-refractivity contribution in [3.63, 3.8) is 0 Å². The number of hydrogen-bond acceptors (Lipinski definition) is 4. The first-order valence-electron chi connectivity index (χ1n) is 6.26. The Kier molecular flexibility index (Phi) is 2.99. The Balaban J connectivity index is 1.91. The normalized spacial score (nSPS) is 23.8. The lowest BCUT2D eigenvalue weighted by Crippen LogP contribution is -2.22. The molecule has 5 nitrogen and oxygen atoms in total. The van der Waals surface area contributed by atoms with Crippen LogP contribution in [0.15, 0.2) is 30.6 Å². The van der Waals surface area contributed by atoms with E-state index in [4.69, 9.17) is 0 Å². The van der Waals surface area contributed by atoms with Gasteiger partial charge in [-0.25, -0.2) is 0 Å². The smallest absolute Gasteiger partial charge is 0.102 e. The molecule has 19 heavy (non-hydrogen) atoms. The average molecular weight is 257 g/mol. The van der Waals surface area contributed by atoms with E-state index in [1.807, 2.05) is 39.9 Å². The molecule has 0 aliphatic carbocycles. The molecule has 0 bridgehead atoms. The Labute approximate surface area is 110 Å². The lowest BCUT2D eigenvalue weighted by Gasteiger charge is -2.13. The van der Waals surface area contributed by atoms with E-state index >= 15 is 0 Å². The molecule has 0 aromatic carbocycles. The van der Waals surface area contributed by atoms with Gasteiger partial charge in [-0.05, 0) is 12.1 Å². The Hall–Kier alpha value is -1.87. The molecule has 0 saturated carbocycles. The first-order chi connectivity index (χ1) is 9.19. The molecular weight excluding hydrogens is 242 g/mol. The molecular formula is C14H15N3O2. The second-order valence-corrected chi connectivity index (χ2v) is 4.96. The minimum Gasteiger partial charge on any atom is -0.389 e. The second kappa shape index (κ2) is 4.67. The van der Waals surface area contributed by atoms with E-state index in [-0.39, 0.29) is 0 Å². The molecule has 1 saturated heterocycles. The van der Waals surface area contributed by atoms with Gasteiger partial charge in [0.25, 0.3) is 0 Å². The molecule has 1 fully saturated rings. The summed E-state index contributed by atoms with van der Waals surface area (Å²) in [6.07, 6.45) is 2.46. The van der Waals surface area contributed by atoms with Crippen LogP contribution >= 0.6 is 0 Å². The third-order valence-corrected chi connectivity index (χ3v) is 3.60. The number of aliphatic hydroxyl groups is 2. The van der Waals surface area contributed by atoms with Crippen molar-refractivity contribution < 1.29 is 10.2 Å². The molecule has 2 unspecified atom stereocenters. The first-order valence-corrected chi connectivity index (χ1v) is 6.26. The number of nitriles is 1. The highest BCUT2D eigenvalue weighted by atomic mass is 16.3. The van der Waals surface area contributed by atoms with Crippen LogP contribution in [0.1, 0.15) is 11.1 Å². The summed E-state index contributed by atoms with van der Waals surface area (Å²) in [6.45, 7) is 1.45. The Morgan fingerprint density at radius 2 is 2.00 bits per heavy atom. The molecule has 0 amide bonds. The SMILES string of the molecule is N#Cc1c(CN2CC(O)C(O)C2)cn2ccccc12. The summed E-state index contributed by atoms with van der Waals surface area (Å²) in [5.41, 5.74) is 2.48. The van der Waals surface area contributed by atoms with Crippen LogP contribution in [0.5, 0.6) is 0 Å². The summed E-state index contributed by atoms with van der Waals surface area (Å²) >= 11 is 0. The van der Waals surface area contributed by atoms with Gasteiger partial charge in [-0.2, -0.15) is 5.26 Å². The summed E-state index contributed by atoms with van der Waals surface area (Å²) in [6, 6.07) is 7.98. The van der Waals surface area contributed by atoms with Gasteiger partial charge in [-0.1, -0.05) is 6.07 Å². The molecule has 0 radical (unpaired) electrons. The van der Waals surface area contributed by atoms with E-state index in [0.29, 0.717) is 25.2 Å². The van der Waals surface area contributed by atoms with Crippen LogP contribution in [0.4, 0.5) is 0 Å². The van der Waals surface area contributed by atoms with Crippen LogP contribution < -0.4 is 0 Å². The van der Waals surface area contributed by atoms with Crippen molar-refractivity contribution in [3.05, 3.63) is 41.7 Å². The Morgan fingerprint density at radius 3 is 2.68 bits per heavy atom. The third kappa shape index (κ3) is 2.10. The van der Waals surface area contributed by atoms with Gasteiger partial charge in [-0.3, -0.25) is 4.90 Å². The fourth-order valence-corrected chi connectivity index (χ4v) is 2.64. The zero-order chi connectivity index (χ0) is 13.4. The van der Waals surface area contributed by atoms with Crippen molar-refractivity contribution in [3.8, 4) is 6.07 Å². The van der Waals surface area contributed by atoms with Crippen molar-refractivity contribution in [2.24, 2.45) is 0 Å². The molecule has 3 heterocycles. The molecule has 1 aliphatic rings. The predicted octanol–water partition coefficient (Wildman–Crippen LogP) is 0.348. The number of fused-ring (bicyclic) bond motifs is 1. The van der Waals surface area contributed by atoms with Crippen LogP contribution in [0.3, 0.4) is 0 Å². The lowest BCUT2D eigenvalue weighted by molar-refractivity contribution is 0.0572. The average Bonchev–Trinajstić information content (AvgIpc) is 2.90. The number of β-amino-alcohol motifs (C(OH)–C–C–N with tert-alkyl or cyclic N) is 2. The molecule has 2 N–H and O–H groups in total. The molecule has 1 aliphatic heterocycles. The van der Waals surface area contributed by atoms with Gasteiger partial charge in [0, 0.05) is 37.6 Å². The van der Waals surface area contributed by atoms with Gasteiger partial charge in [-0.15, -0.1) is 0 Å². The molecule has 0 spiro atoms. The number of likely N-dealkylation sites (tertiary alicyclic amines) is 1. The zero-order valence-electron chi connectivity index (χ0n) is 10.4. The number of aliphatic hydroxyl groups excluding tert-OH is 2. The zero-order valence-corrected chi connectivity index (χ0v) is 10.4. The van der Waals surface area contributed by atoms with Crippen molar-refractivity contribution >= 4 is 5.52 Å². The number of aromatic nitrogens is 1. The quantitative estimate of drug-likeness (QED) is 0.814. The molecule has 5 heteroatoms. The fourth-order valence-electron chi connectivity index (χ4n) is 2.64. The monoisotopic (exact) mass is 257 g/mol. The highest BCUT2D eigenvalue weighted by Gasteiger charge is 2.30. The predicted molar refractivity (Wildman–Crippen MR) is 69.4 cm³/mol. The van der Waals surface area contributed by atoms with Crippen molar-refractivity contribution in [1.29, 1.82) is 5.26 Å². The van der Waals surface area contributed by atoms with Crippen molar-refractivity contribution in [1.82, 2.24) is 9.30 Å². The lowest BCUT2D eigenvalue weighted by atomic mass is 10.1. The topological polar surface area (TPSA) is 71.9 Å². The second-order valence-electron chi connectivity index (χ2n) is 4.96. The first kappa shape index (κ1) is 12.2. The minimum absolute atomic E-state index is 0.443. The van der Waals surface area contributed by atoms with E-state index in [1.54, 1.807) is 0 Å². The van der Waals surface area contributed by atoms with Gasteiger partial charge in [0.15, 0.2) is 0 Å². The van der Waals surface area contributed by atoms with Gasteiger partial charge in [0.2, 0.25) is 0 Å². The van der Waals surface area contributed by atoms with E-state index in [9.17, 15) is 15.5 Å². The Morgan fingerprint density at radius 1 is 1.26 bits per heavy atom. The van der Waals surface area contributed by atoms with E-state index in [0.717, 1.165) is 11.1 Å². The van der Waals surface area contributed by atoms with E-state index in [1.165, 1.54) is 0 Å². The molecule has 3 rings (SSSR count). The molecule has 2 aromatic rings. The van der Waals surface area contributed by atoms with Crippen LogP contribution in [0.2, 0.25) is 0 Å². The molecule has 2 atom stereocenters. The van der Waals surface area contributed by atoms with E-state index in [2.05, 4.69) is 6.07 Å². The van der Waals surface area contributed by atoms with Crippen LogP contribution in [-0.4, -0.2) is 44.8 Å². The van der Waals surface area contributed by atoms with Crippen LogP contribution in [0, 0.1) is 11.3 Å². The Bertz CT molecular complexity index is 634. The maximum absolute atomic E-state index is 9.55. The van der Waals surface area contributed by atoms with Crippen molar-refractivity contribution in [2.75, 3.05) is 13.1 Å². The summed E-state index contributed by atoms with van der Waals surface area (Å²) in [5.74, 6) is 0. The van der Waals surface area contributed by atoms with Gasteiger partial charge in [0.1, 0.15) is 6.07 Å². The highest BCUT2D eigenvalue weighted by molar-refractivity contribution is 5.65. The van der Waals surface area contributed by atoms with Crippen LogP contribution in [0.25, 0.3) is 5.52 Å². The third-order valence-electron chi connectivity index (χ3n) is 3.60. The van der Waals surface area contributed by atoms with Gasteiger partial charge >= 0.3 is 0 Å². The molecule has 2 aromatic heterocycles.